The SMILES string of the molecule is C[C@H](CC[C@@H](O[C@@H]1OC(CO)C(O)[C@H](O)C1O[C@@H]1OC(CO)[C@@H](O)[C@H](O)C1O)C(C)(C)O)[C@H]1CC[C@@]2(C)C3CC=C4[C@@H](CC[C@H](O[C@@H]5OC(CO)[C@@H](O)[C@H](O)C5O)C4(C)C)[C@]3(C)[C@H](O)C[C@]12C. The van der Waals surface area contributed by atoms with Crippen LogP contribution in [-0.4, -0.2) is 202 Å². The van der Waals surface area contributed by atoms with Crippen LogP contribution in [0.2, 0.25) is 0 Å². The van der Waals surface area contributed by atoms with Gasteiger partial charge in [-0.05, 0) is 99.7 Å². The van der Waals surface area contributed by atoms with E-state index < -0.39 is 147 Å². The number of fused-ring (bicyclic) bond motifs is 5. The average Bonchev–Trinajstić information content (AvgIpc) is 3.54. The Labute approximate surface area is 393 Å². The summed E-state index contributed by atoms with van der Waals surface area (Å²) < 4.78 is 35.9. The van der Waals surface area contributed by atoms with Gasteiger partial charge in [-0.15, -0.1) is 0 Å². The average molecular weight is 963 g/mol. The van der Waals surface area contributed by atoms with Crippen molar-refractivity contribution in [3.05, 3.63) is 11.6 Å². The highest BCUT2D eigenvalue weighted by Gasteiger charge is 2.70. The van der Waals surface area contributed by atoms with Gasteiger partial charge in [0.25, 0.3) is 0 Å². The summed E-state index contributed by atoms with van der Waals surface area (Å²) in [5, 5.41) is 139. The van der Waals surface area contributed by atoms with E-state index in [4.69, 9.17) is 28.4 Å². The lowest BCUT2D eigenvalue weighted by Gasteiger charge is -2.67. The Balaban J connectivity index is 1.06. The fourth-order valence-corrected chi connectivity index (χ4v) is 14.2. The zero-order valence-corrected chi connectivity index (χ0v) is 40.3. The van der Waals surface area contributed by atoms with Crippen LogP contribution in [0.5, 0.6) is 0 Å². The fourth-order valence-electron chi connectivity index (χ4n) is 14.2. The van der Waals surface area contributed by atoms with Gasteiger partial charge in [-0.3, -0.25) is 0 Å². The summed E-state index contributed by atoms with van der Waals surface area (Å²) in [6.45, 7) is 14.5. The van der Waals surface area contributed by atoms with Crippen molar-refractivity contribution in [1.82, 2.24) is 0 Å². The minimum Gasteiger partial charge on any atom is -0.394 e. The molecule has 0 spiro atoms. The molecule has 7 aliphatic rings. The van der Waals surface area contributed by atoms with Crippen LogP contribution in [0.4, 0.5) is 0 Å². The number of aliphatic hydroxyl groups excluding tert-OH is 12. The molecule has 19 nitrogen and oxygen atoms in total. The van der Waals surface area contributed by atoms with Crippen molar-refractivity contribution in [3.63, 3.8) is 0 Å². The van der Waals surface area contributed by atoms with Crippen LogP contribution in [0.3, 0.4) is 0 Å². The highest BCUT2D eigenvalue weighted by atomic mass is 16.8. The molecule has 25 atom stereocenters. The van der Waals surface area contributed by atoms with E-state index in [1.807, 2.05) is 0 Å². The molecule has 6 fully saturated rings. The van der Waals surface area contributed by atoms with E-state index in [-0.39, 0.29) is 34.5 Å². The normalized spacial score (nSPS) is 51.0. The van der Waals surface area contributed by atoms with Crippen molar-refractivity contribution in [3.8, 4) is 0 Å². The first kappa shape index (κ1) is 53.8. The summed E-state index contributed by atoms with van der Waals surface area (Å²) in [6.07, 6.45) is -17.3. The monoisotopic (exact) mass is 963 g/mol. The summed E-state index contributed by atoms with van der Waals surface area (Å²) in [7, 11) is 0. The van der Waals surface area contributed by atoms with Gasteiger partial charge in [-0.2, -0.15) is 0 Å². The second-order valence-electron chi connectivity index (χ2n) is 23.0. The van der Waals surface area contributed by atoms with Gasteiger partial charge in [-0.1, -0.05) is 53.2 Å². The topological polar surface area (TPSA) is 318 Å². The molecule has 67 heavy (non-hydrogen) atoms. The zero-order valence-electron chi connectivity index (χ0n) is 40.3. The summed E-state index contributed by atoms with van der Waals surface area (Å²) in [5.74, 6) is 0.476. The second kappa shape index (κ2) is 19.8. The summed E-state index contributed by atoms with van der Waals surface area (Å²) in [5.41, 5.74) is -1.70. The smallest absolute Gasteiger partial charge is 0.187 e. The molecule has 0 aromatic carbocycles. The summed E-state index contributed by atoms with van der Waals surface area (Å²) in [4.78, 5) is 0. The van der Waals surface area contributed by atoms with Gasteiger partial charge in [-0.25, -0.2) is 0 Å². The molecule has 0 aromatic rings. The molecule has 3 saturated carbocycles. The number of ether oxygens (including phenoxy) is 6. The Bertz CT molecular complexity index is 1710. The maximum Gasteiger partial charge on any atom is 0.187 e. The lowest BCUT2D eigenvalue weighted by atomic mass is 9.38. The van der Waals surface area contributed by atoms with E-state index in [0.29, 0.717) is 25.7 Å². The third-order valence-corrected chi connectivity index (χ3v) is 18.7. The molecule has 3 aliphatic heterocycles. The lowest BCUT2D eigenvalue weighted by Crippen LogP contribution is -2.65. The van der Waals surface area contributed by atoms with Crippen molar-refractivity contribution >= 4 is 0 Å². The molecule has 13 N–H and O–H groups in total. The number of allylic oxidation sites excluding steroid dienone is 1. The van der Waals surface area contributed by atoms with Crippen LogP contribution in [0.25, 0.3) is 0 Å². The van der Waals surface area contributed by atoms with Crippen molar-refractivity contribution < 1.29 is 94.8 Å². The first-order valence-electron chi connectivity index (χ1n) is 24.5. The molecule has 8 unspecified atom stereocenters. The molecular weight excluding hydrogens is 881 g/mol. The Morgan fingerprint density at radius 2 is 1.18 bits per heavy atom. The van der Waals surface area contributed by atoms with E-state index in [0.717, 1.165) is 25.7 Å². The Morgan fingerprint density at radius 1 is 0.657 bits per heavy atom. The molecule has 3 saturated heterocycles. The van der Waals surface area contributed by atoms with Gasteiger partial charge in [0.1, 0.15) is 73.2 Å². The zero-order chi connectivity index (χ0) is 49.5. The highest BCUT2D eigenvalue weighted by molar-refractivity contribution is 5.32. The predicted molar refractivity (Wildman–Crippen MR) is 235 cm³/mol. The van der Waals surface area contributed by atoms with Gasteiger partial charge in [0.05, 0.1) is 43.7 Å². The van der Waals surface area contributed by atoms with Crippen LogP contribution < -0.4 is 0 Å². The molecule has 3 heterocycles. The number of rotatable bonds is 14. The molecule has 4 aliphatic carbocycles. The van der Waals surface area contributed by atoms with Gasteiger partial charge in [0.2, 0.25) is 0 Å². The third kappa shape index (κ3) is 9.13. The Hall–Kier alpha value is -1.02. The van der Waals surface area contributed by atoms with E-state index in [9.17, 15) is 66.4 Å². The van der Waals surface area contributed by atoms with Gasteiger partial charge < -0.3 is 94.8 Å². The van der Waals surface area contributed by atoms with E-state index in [1.165, 1.54) is 5.57 Å². The Morgan fingerprint density at radius 3 is 1.72 bits per heavy atom. The van der Waals surface area contributed by atoms with Crippen LogP contribution in [-0.2, 0) is 28.4 Å². The fraction of sp³-hybridized carbons (Fsp3) is 0.958. The molecular formula is C48H82O19. The second-order valence-corrected chi connectivity index (χ2v) is 23.0. The Kier molecular flexibility index (Phi) is 15.9. The molecule has 388 valence electrons. The van der Waals surface area contributed by atoms with Crippen LogP contribution in [0.1, 0.15) is 107 Å². The van der Waals surface area contributed by atoms with E-state index in [1.54, 1.807) is 13.8 Å². The number of aliphatic hydroxyl groups is 13. The summed E-state index contributed by atoms with van der Waals surface area (Å²) in [6, 6.07) is 0. The first-order chi connectivity index (χ1) is 31.2. The lowest BCUT2D eigenvalue weighted by molar-refractivity contribution is -0.375. The van der Waals surface area contributed by atoms with Gasteiger partial charge in [0.15, 0.2) is 18.9 Å². The quantitative estimate of drug-likeness (QED) is 0.0924. The molecule has 0 amide bonds. The van der Waals surface area contributed by atoms with Crippen LogP contribution in [0.15, 0.2) is 11.6 Å². The van der Waals surface area contributed by atoms with Crippen molar-refractivity contribution in [2.75, 3.05) is 19.8 Å². The van der Waals surface area contributed by atoms with Crippen LogP contribution in [0, 0.1) is 45.3 Å². The molecule has 7 rings (SSSR count). The number of hydrogen-bond acceptors (Lipinski definition) is 19. The van der Waals surface area contributed by atoms with Crippen molar-refractivity contribution in [2.45, 2.75) is 223 Å². The van der Waals surface area contributed by atoms with E-state index >= 15 is 0 Å². The third-order valence-electron chi connectivity index (χ3n) is 18.7. The number of hydrogen-bond donors (Lipinski definition) is 13. The molecule has 19 heteroatoms. The van der Waals surface area contributed by atoms with Gasteiger partial charge in [0, 0.05) is 10.8 Å². The first-order valence-corrected chi connectivity index (χ1v) is 24.5. The molecule has 0 aromatic heterocycles. The van der Waals surface area contributed by atoms with E-state index in [2.05, 4.69) is 47.6 Å². The van der Waals surface area contributed by atoms with Crippen LogP contribution >= 0.6 is 0 Å². The molecule has 0 bridgehead atoms. The summed E-state index contributed by atoms with van der Waals surface area (Å²) >= 11 is 0. The van der Waals surface area contributed by atoms with Gasteiger partial charge >= 0.3 is 0 Å². The maximum absolute atomic E-state index is 12.6. The largest absolute Gasteiger partial charge is 0.394 e. The predicted octanol–water partition coefficient (Wildman–Crippen LogP) is -1.06. The minimum absolute atomic E-state index is 0.0500. The standard InChI is InChI=1S/C48H82O19/c1-21(9-13-31(45(4,5)61)66-43-40(37(58)34(55)27(20-51)64-43)67-42-39(60)36(57)33(54)26(19-50)63-42)22-15-16-46(6)28-12-10-23-24(48(28,8)29(52)17-47(22,46)7)11-14-30(44(23,2)3)65-41-38(59)35(56)32(53)25(18-49)62-41/h10,21-22,24-43,49-61H,9,11-20H2,1-8H3/t21-,22-,24-,25?,26?,27?,28?,29-,30+,31-,32-,33-,34?,35+,36+,37+,38?,39?,40?,41+,42+,43+,46+,47-,48+/m1/s1. The maximum atomic E-state index is 12.6. The van der Waals surface area contributed by atoms with Crippen molar-refractivity contribution in [2.24, 2.45) is 45.3 Å². The minimum atomic E-state index is -1.83. The van der Waals surface area contributed by atoms with Crippen molar-refractivity contribution in [1.29, 1.82) is 0 Å². The molecule has 0 radical (unpaired) electrons. The highest BCUT2D eigenvalue weighted by Crippen LogP contribution is 2.75.